The fourth-order valence-corrected chi connectivity index (χ4v) is 2.71. The van der Waals surface area contributed by atoms with Crippen molar-refractivity contribution in [3.05, 3.63) is 0 Å². The first-order valence-corrected chi connectivity index (χ1v) is 7.29. The predicted molar refractivity (Wildman–Crippen MR) is 72.3 cm³/mol. The number of rotatable bonds is 5. The first-order valence-electron chi connectivity index (χ1n) is 7.29. The van der Waals surface area contributed by atoms with E-state index in [2.05, 4.69) is 24.1 Å². The molecule has 0 radical (unpaired) electrons. The third-order valence-corrected chi connectivity index (χ3v) is 4.34. The Bertz CT molecular complexity index is 321. The lowest BCUT2D eigenvalue weighted by Crippen LogP contribution is -2.50. The number of carbonyl (C=O) groups excluding carboxylic acids is 1. The van der Waals surface area contributed by atoms with E-state index < -0.39 is 18.0 Å². The molecule has 1 aliphatic heterocycles. The van der Waals surface area contributed by atoms with Gasteiger partial charge in [0, 0.05) is 12.6 Å². The van der Waals surface area contributed by atoms with E-state index in [9.17, 15) is 18.0 Å². The third-order valence-electron chi connectivity index (χ3n) is 4.34. The molecule has 1 fully saturated rings. The predicted octanol–water partition coefficient (Wildman–Crippen LogP) is 2.96. The summed E-state index contributed by atoms with van der Waals surface area (Å²) in [6.45, 7) is 7.51. The van der Waals surface area contributed by atoms with Crippen molar-refractivity contribution in [2.75, 3.05) is 19.6 Å². The van der Waals surface area contributed by atoms with Crippen molar-refractivity contribution in [1.82, 2.24) is 10.2 Å². The molecule has 0 bridgehead atoms. The van der Waals surface area contributed by atoms with Gasteiger partial charge in [-0.2, -0.15) is 13.2 Å². The highest BCUT2D eigenvalue weighted by Crippen LogP contribution is 2.35. The van der Waals surface area contributed by atoms with Gasteiger partial charge in [0.25, 0.3) is 0 Å². The summed E-state index contributed by atoms with van der Waals surface area (Å²) in [5.74, 6) is -0.215. The SMILES string of the molecule is CCC1(C(=O)NCCC(F)(F)F)CCN(C(C)C)CC1. The molecule has 3 nitrogen and oxygen atoms in total. The minimum atomic E-state index is -4.21. The van der Waals surface area contributed by atoms with Crippen LogP contribution in [-0.2, 0) is 4.79 Å². The molecule has 0 aliphatic carbocycles. The number of hydrogen-bond donors (Lipinski definition) is 1. The van der Waals surface area contributed by atoms with Crippen molar-refractivity contribution in [2.45, 2.75) is 58.7 Å². The van der Waals surface area contributed by atoms with Crippen LogP contribution in [0, 0.1) is 5.41 Å². The summed E-state index contributed by atoms with van der Waals surface area (Å²) in [7, 11) is 0. The average Bonchev–Trinajstić information content (AvgIpc) is 2.37. The smallest absolute Gasteiger partial charge is 0.355 e. The number of piperidine rings is 1. The van der Waals surface area contributed by atoms with E-state index in [0.29, 0.717) is 12.5 Å². The Balaban J connectivity index is 2.51. The molecule has 118 valence electrons. The van der Waals surface area contributed by atoms with Crippen LogP contribution in [0.15, 0.2) is 0 Å². The number of halogens is 3. The zero-order valence-corrected chi connectivity index (χ0v) is 12.5. The molecule has 0 unspecified atom stereocenters. The maximum absolute atomic E-state index is 12.2. The van der Waals surface area contributed by atoms with Gasteiger partial charge in [-0.3, -0.25) is 4.79 Å². The molecule has 1 amide bonds. The van der Waals surface area contributed by atoms with E-state index in [-0.39, 0.29) is 12.5 Å². The lowest BCUT2D eigenvalue weighted by molar-refractivity contribution is -0.140. The standard InChI is InChI=1S/C14H25F3N2O/c1-4-13(6-9-19(10-7-13)11(2)3)12(20)18-8-5-14(15,16)17/h11H,4-10H2,1-3H3,(H,18,20). The zero-order chi connectivity index (χ0) is 15.4. The second-order valence-electron chi connectivity index (χ2n) is 5.88. The van der Waals surface area contributed by atoms with Crippen LogP contribution in [0.1, 0.15) is 46.5 Å². The van der Waals surface area contributed by atoms with E-state index in [1.807, 2.05) is 6.92 Å². The lowest BCUT2D eigenvalue weighted by atomic mass is 9.75. The topological polar surface area (TPSA) is 32.3 Å². The van der Waals surface area contributed by atoms with E-state index in [1.54, 1.807) is 0 Å². The van der Waals surface area contributed by atoms with Crippen molar-refractivity contribution in [3.8, 4) is 0 Å². The minimum absolute atomic E-state index is 0.215. The summed E-state index contributed by atoms with van der Waals surface area (Å²) in [5, 5.41) is 2.47. The molecule has 1 rings (SSSR count). The second-order valence-corrected chi connectivity index (χ2v) is 5.88. The highest BCUT2D eigenvalue weighted by Gasteiger charge is 2.40. The molecule has 0 aromatic carbocycles. The average molecular weight is 294 g/mol. The van der Waals surface area contributed by atoms with E-state index >= 15 is 0 Å². The third kappa shape index (κ3) is 4.65. The van der Waals surface area contributed by atoms with Crippen molar-refractivity contribution in [2.24, 2.45) is 5.41 Å². The monoisotopic (exact) mass is 294 g/mol. The molecular formula is C14H25F3N2O. The van der Waals surface area contributed by atoms with Gasteiger partial charge in [0.05, 0.1) is 11.8 Å². The molecule has 1 aliphatic rings. The summed E-state index contributed by atoms with van der Waals surface area (Å²) >= 11 is 0. The van der Waals surface area contributed by atoms with Crippen LogP contribution in [-0.4, -0.2) is 42.7 Å². The van der Waals surface area contributed by atoms with Gasteiger partial charge >= 0.3 is 6.18 Å². The summed E-state index contributed by atoms with van der Waals surface area (Å²) in [6, 6.07) is 0.443. The van der Waals surface area contributed by atoms with Crippen molar-refractivity contribution >= 4 is 5.91 Å². The largest absolute Gasteiger partial charge is 0.390 e. The maximum Gasteiger partial charge on any atom is 0.390 e. The normalized spacial score (nSPS) is 20.1. The molecule has 0 spiro atoms. The molecule has 0 atom stereocenters. The minimum Gasteiger partial charge on any atom is -0.355 e. The lowest BCUT2D eigenvalue weighted by Gasteiger charge is -2.41. The van der Waals surface area contributed by atoms with Gasteiger partial charge in [-0.05, 0) is 46.2 Å². The van der Waals surface area contributed by atoms with E-state index in [1.165, 1.54) is 0 Å². The van der Waals surface area contributed by atoms with Gasteiger partial charge in [0.1, 0.15) is 0 Å². The maximum atomic E-state index is 12.2. The van der Waals surface area contributed by atoms with E-state index in [4.69, 9.17) is 0 Å². The van der Waals surface area contributed by atoms with Crippen LogP contribution in [0.4, 0.5) is 13.2 Å². The molecule has 1 N–H and O–H groups in total. The second kappa shape index (κ2) is 6.78. The summed E-state index contributed by atoms with van der Waals surface area (Å²) in [5.41, 5.74) is -0.489. The highest BCUT2D eigenvalue weighted by molar-refractivity contribution is 5.82. The summed E-state index contributed by atoms with van der Waals surface area (Å²) < 4.78 is 36.3. The number of nitrogens with zero attached hydrogens (tertiary/aromatic N) is 1. The molecule has 0 saturated carbocycles. The molecule has 1 heterocycles. The van der Waals surface area contributed by atoms with Gasteiger partial charge in [-0.15, -0.1) is 0 Å². The number of amides is 1. The van der Waals surface area contributed by atoms with Crippen LogP contribution >= 0.6 is 0 Å². The molecule has 20 heavy (non-hydrogen) atoms. The van der Waals surface area contributed by atoms with Crippen molar-refractivity contribution in [3.63, 3.8) is 0 Å². The number of nitrogens with one attached hydrogen (secondary N) is 1. The van der Waals surface area contributed by atoms with Gasteiger partial charge in [0.2, 0.25) is 5.91 Å². The van der Waals surface area contributed by atoms with Crippen LogP contribution in [0.5, 0.6) is 0 Å². The van der Waals surface area contributed by atoms with E-state index in [0.717, 1.165) is 25.9 Å². The Kier molecular flexibility index (Phi) is 5.86. The molecule has 1 saturated heterocycles. The van der Waals surface area contributed by atoms with Gasteiger partial charge in [0.15, 0.2) is 0 Å². The first kappa shape index (κ1) is 17.3. The molecule has 0 aromatic heterocycles. The summed E-state index contributed by atoms with van der Waals surface area (Å²) in [4.78, 5) is 14.5. The number of carbonyl (C=O) groups is 1. The first-order chi connectivity index (χ1) is 9.20. The van der Waals surface area contributed by atoms with Crippen LogP contribution in [0.2, 0.25) is 0 Å². The highest BCUT2D eigenvalue weighted by atomic mass is 19.4. The Hall–Kier alpha value is -0.780. The number of alkyl halides is 3. The fraction of sp³-hybridized carbons (Fsp3) is 0.929. The van der Waals surface area contributed by atoms with Gasteiger partial charge < -0.3 is 10.2 Å². The van der Waals surface area contributed by atoms with Gasteiger partial charge in [-0.1, -0.05) is 6.92 Å². The quantitative estimate of drug-likeness (QED) is 0.845. The molecular weight excluding hydrogens is 269 g/mol. The summed E-state index contributed by atoms with van der Waals surface area (Å²) in [6.07, 6.45) is -3.06. The van der Waals surface area contributed by atoms with Crippen LogP contribution in [0.25, 0.3) is 0 Å². The number of likely N-dealkylation sites (tertiary alicyclic amines) is 1. The molecule has 6 heteroatoms. The Labute approximate surface area is 118 Å². The number of hydrogen-bond acceptors (Lipinski definition) is 2. The Morgan fingerprint density at radius 3 is 2.25 bits per heavy atom. The zero-order valence-electron chi connectivity index (χ0n) is 12.5. The van der Waals surface area contributed by atoms with Crippen LogP contribution in [0.3, 0.4) is 0 Å². The van der Waals surface area contributed by atoms with Crippen LogP contribution < -0.4 is 5.32 Å². The van der Waals surface area contributed by atoms with Gasteiger partial charge in [-0.25, -0.2) is 0 Å². The van der Waals surface area contributed by atoms with Crippen molar-refractivity contribution < 1.29 is 18.0 Å². The molecule has 0 aromatic rings. The Morgan fingerprint density at radius 2 is 1.85 bits per heavy atom. The fourth-order valence-electron chi connectivity index (χ4n) is 2.71. The van der Waals surface area contributed by atoms with Crippen molar-refractivity contribution in [1.29, 1.82) is 0 Å². The Morgan fingerprint density at radius 1 is 1.30 bits per heavy atom.